The number of halogens is 3. The summed E-state index contributed by atoms with van der Waals surface area (Å²) < 4.78 is 38.0. The third kappa shape index (κ3) is 3.61. The number of rotatable bonds is 6. The minimum atomic E-state index is -4.08. The summed E-state index contributed by atoms with van der Waals surface area (Å²) in [5, 5.41) is 8.66. The van der Waals surface area contributed by atoms with E-state index in [1.807, 2.05) is 4.57 Å². The molecule has 2 N–H and O–H groups in total. The zero-order chi connectivity index (χ0) is 13.2. The molecule has 0 atom stereocenters. The van der Waals surface area contributed by atoms with E-state index < -0.39 is 12.6 Å². The van der Waals surface area contributed by atoms with Crippen LogP contribution in [0.15, 0.2) is 5.16 Å². The second-order valence-electron chi connectivity index (χ2n) is 4.27. The molecule has 1 aliphatic rings. The van der Waals surface area contributed by atoms with Gasteiger partial charge >= 0.3 is 6.18 Å². The first-order valence-corrected chi connectivity index (χ1v) is 6.83. The Morgan fingerprint density at radius 2 is 2.06 bits per heavy atom. The van der Waals surface area contributed by atoms with E-state index in [1.54, 1.807) is 0 Å². The zero-order valence-electron chi connectivity index (χ0n) is 9.78. The standard InChI is InChI=1S/C10H15F3N4S/c11-10(12,13)4-1-5-18-9-16-15-8(6-14)17(9)7-2-3-7/h7H,1-6,14H2. The second-order valence-corrected chi connectivity index (χ2v) is 5.33. The Morgan fingerprint density at radius 3 is 2.61 bits per heavy atom. The van der Waals surface area contributed by atoms with Crippen molar-refractivity contribution >= 4 is 11.8 Å². The van der Waals surface area contributed by atoms with Gasteiger partial charge in [0.05, 0.1) is 6.54 Å². The van der Waals surface area contributed by atoms with Crippen molar-refractivity contribution in [2.45, 2.75) is 49.6 Å². The Labute approximate surface area is 107 Å². The van der Waals surface area contributed by atoms with Crippen molar-refractivity contribution in [2.75, 3.05) is 5.75 Å². The summed E-state index contributed by atoms with van der Waals surface area (Å²) in [6, 6.07) is 0.392. The monoisotopic (exact) mass is 280 g/mol. The van der Waals surface area contributed by atoms with E-state index in [9.17, 15) is 13.2 Å². The molecule has 2 rings (SSSR count). The number of aromatic nitrogens is 3. The molecule has 1 fully saturated rings. The molecule has 1 saturated carbocycles. The van der Waals surface area contributed by atoms with E-state index in [4.69, 9.17) is 5.73 Å². The fourth-order valence-corrected chi connectivity index (χ4v) is 2.64. The predicted octanol–water partition coefficient (Wildman–Crippen LogP) is 2.51. The number of alkyl halides is 3. The largest absolute Gasteiger partial charge is 0.389 e. The maximum Gasteiger partial charge on any atom is 0.389 e. The van der Waals surface area contributed by atoms with E-state index in [1.165, 1.54) is 11.8 Å². The average molecular weight is 280 g/mol. The van der Waals surface area contributed by atoms with Gasteiger partial charge in [-0.15, -0.1) is 10.2 Å². The molecule has 18 heavy (non-hydrogen) atoms. The lowest BCUT2D eigenvalue weighted by Crippen LogP contribution is -2.09. The molecular weight excluding hydrogens is 265 g/mol. The number of hydrogen-bond donors (Lipinski definition) is 1. The van der Waals surface area contributed by atoms with Crippen molar-refractivity contribution in [1.29, 1.82) is 0 Å². The van der Waals surface area contributed by atoms with Crippen molar-refractivity contribution in [3.63, 3.8) is 0 Å². The van der Waals surface area contributed by atoms with Gasteiger partial charge in [0.2, 0.25) is 0 Å². The van der Waals surface area contributed by atoms with Crippen LogP contribution in [0, 0.1) is 0 Å². The first-order valence-electron chi connectivity index (χ1n) is 5.84. The Morgan fingerprint density at radius 1 is 1.33 bits per heavy atom. The molecular formula is C10H15F3N4S. The predicted molar refractivity (Wildman–Crippen MR) is 62.2 cm³/mol. The van der Waals surface area contributed by atoms with E-state index >= 15 is 0 Å². The first kappa shape index (κ1) is 13.7. The minimum Gasteiger partial charge on any atom is -0.324 e. The minimum absolute atomic E-state index is 0.101. The van der Waals surface area contributed by atoms with Crippen molar-refractivity contribution in [3.8, 4) is 0 Å². The van der Waals surface area contributed by atoms with Crippen LogP contribution in [0.2, 0.25) is 0 Å². The van der Waals surface area contributed by atoms with Crippen LogP contribution in [0.5, 0.6) is 0 Å². The lowest BCUT2D eigenvalue weighted by Gasteiger charge is -2.08. The SMILES string of the molecule is NCc1nnc(SCCCC(F)(F)F)n1C1CC1. The van der Waals surface area contributed by atoms with Gasteiger partial charge in [0.15, 0.2) is 5.16 Å². The third-order valence-corrected chi connectivity index (χ3v) is 3.69. The van der Waals surface area contributed by atoms with Gasteiger partial charge in [-0.3, -0.25) is 0 Å². The maximum absolute atomic E-state index is 12.0. The van der Waals surface area contributed by atoms with Crippen LogP contribution in [-0.4, -0.2) is 26.7 Å². The molecule has 0 aliphatic heterocycles. The van der Waals surface area contributed by atoms with E-state index in [2.05, 4.69) is 10.2 Å². The van der Waals surface area contributed by atoms with Crippen molar-refractivity contribution in [1.82, 2.24) is 14.8 Å². The lowest BCUT2D eigenvalue weighted by atomic mass is 10.3. The van der Waals surface area contributed by atoms with Gasteiger partial charge in [0.25, 0.3) is 0 Å². The molecule has 1 heterocycles. The molecule has 1 aliphatic carbocycles. The van der Waals surface area contributed by atoms with Crippen molar-refractivity contribution in [3.05, 3.63) is 5.82 Å². The number of thioether (sulfide) groups is 1. The summed E-state index contributed by atoms with van der Waals surface area (Å²) in [5.74, 6) is 1.12. The Hall–Kier alpha value is -0.760. The molecule has 8 heteroatoms. The van der Waals surface area contributed by atoms with Crippen LogP contribution in [0.3, 0.4) is 0 Å². The lowest BCUT2D eigenvalue weighted by molar-refractivity contribution is -0.134. The number of nitrogens with zero attached hydrogens (tertiary/aromatic N) is 3. The molecule has 0 saturated heterocycles. The Kier molecular flexibility index (Phi) is 4.16. The highest BCUT2D eigenvalue weighted by molar-refractivity contribution is 7.99. The summed E-state index contributed by atoms with van der Waals surface area (Å²) >= 11 is 1.33. The molecule has 0 unspecified atom stereocenters. The molecule has 0 bridgehead atoms. The van der Waals surface area contributed by atoms with E-state index in [0.717, 1.165) is 18.7 Å². The molecule has 4 nitrogen and oxygen atoms in total. The molecule has 102 valence electrons. The van der Waals surface area contributed by atoms with Crippen LogP contribution in [0.1, 0.15) is 37.5 Å². The van der Waals surface area contributed by atoms with E-state index in [0.29, 0.717) is 23.5 Å². The number of hydrogen-bond acceptors (Lipinski definition) is 4. The highest BCUT2D eigenvalue weighted by Gasteiger charge is 2.29. The van der Waals surface area contributed by atoms with Gasteiger partial charge in [0, 0.05) is 18.2 Å². The van der Waals surface area contributed by atoms with Gasteiger partial charge in [-0.2, -0.15) is 13.2 Å². The maximum atomic E-state index is 12.0. The van der Waals surface area contributed by atoms with Gasteiger partial charge in [-0.25, -0.2) is 0 Å². The highest BCUT2D eigenvalue weighted by Crippen LogP contribution is 2.38. The second kappa shape index (κ2) is 5.48. The van der Waals surface area contributed by atoms with Crippen LogP contribution in [0.4, 0.5) is 13.2 Å². The fraction of sp³-hybridized carbons (Fsp3) is 0.800. The molecule has 1 aromatic rings. The van der Waals surface area contributed by atoms with Gasteiger partial charge in [0.1, 0.15) is 5.82 Å². The Bertz CT molecular complexity index is 400. The summed E-state index contributed by atoms with van der Waals surface area (Å²) in [5.41, 5.74) is 5.56. The van der Waals surface area contributed by atoms with Crippen molar-refractivity contribution < 1.29 is 13.2 Å². The smallest absolute Gasteiger partial charge is 0.324 e. The molecule has 0 radical (unpaired) electrons. The normalized spacial score (nSPS) is 16.2. The van der Waals surface area contributed by atoms with Gasteiger partial charge < -0.3 is 10.3 Å². The molecule has 0 amide bonds. The highest BCUT2D eigenvalue weighted by atomic mass is 32.2. The van der Waals surface area contributed by atoms with Gasteiger partial charge in [-0.1, -0.05) is 11.8 Å². The van der Waals surface area contributed by atoms with Crippen LogP contribution in [-0.2, 0) is 6.54 Å². The van der Waals surface area contributed by atoms with Crippen molar-refractivity contribution in [2.24, 2.45) is 5.73 Å². The molecule has 1 aromatic heterocycles. The summed E-state index contributed by atoms with van der Waals surface area (Å²) in [6.07, 6.45) is -2.58. The fourth-order valence-electron chi connectivity index (χ4n) is 1.68. The topological polar surface area (TPSA) is 56.7 Å². The summed E-state index contributed by atoms with van der Waals surface area (Å²) in [7, 11) is 0. The number of nitrogens with two attached hydrogens (primary N) is 1. The first-order chi connectivity index (χ1) is 8.51. The van der Waals surface area contributed by atoms with E-state index in [-0.39, 0.29) is 6.42 Å². The zero-order valence-corrected chi connectivity index (χ0v) is 10.6. The van der Waals surface area contributed by atoms with Crippen LogP contribution < -0.4 is 5.73 Å². The summed E-state index contributed by atoms with van der Waals surface area (Å²) in [4.78, 5) is 0. The average Bonchev–Trinajstić information content (AvgIpc) is 3.04. The molecule has 0 aromatic carbocycles. The summed E-state index contributed by atoms with van der Waals surface area (Å²) in [6.45, 7) is 0.312. The Balaban J connectivity index is 1.87. The molecule has 0 spiro atoms. The van der Waals surface area contributed by atoms with Crippen LogP contribution in [0.25, 0.3) is 0 Å². The third-order valence-electron chi connectivity index (χ3n) is 2.67. The van der Waals surface area contributed by atoms with Gasteiger partial charge in [-0.05, 0) is 19.3 Å². The van der Waals surface area contributed by atoms with Crippen LogP contribution >= 0.6 is 11.8 Å². The quantitative estimate of drug-likeness (QED) is 0.642.